The summed E-state index contributed by atoms with van der Waals surface area (Å²) < 4.78 is 5.13. The first-order chi connectivity index (χ1) is 13.0. The van der Waals surface area contributed by atoms with Gasteiger partial charge in [0.1, 0.15) is 5.75 Å². The van der Waals surface area contributed by atoms with Crippen molar-refractivity contribution < 1.29 is 19.1 Å². The van der Waals surface area contributed by atoms with E-state index in [0.717, 1.165) is 36.2 Å². The molecule has 138 valence electrons. The standard InChI is InChI=1S/C21H20N2O4/c1-13(24)27-18-7-3-2-6-17(18)21(26)22-16-11-14-5-4-10-23-19(25)9-8-15(12-16)20(14)23/h2-3,6-7,11-12H,4-5,8-10H2,1H3,(H,22,26). The maximum Gasteiger partial charge on any atom is 0.308 e. The second kappa shape index (κ2) is 6.87. The molecule has 0 saturated heterocycles. The highest BCUT2D eigenvalue weighted by atomic mass is 16.5. The Kier molecular flexibility index (Phi) is 4.39. The normalized spacial score (nSPS) is 15.1. The number of benzene rings is 2. The molecule has 0 radical (unpaired) electrons. The highest BCUT2D eigenvalue weighted by Crippen LogP contribution is 2.38. The van der Waals surface area contributed by atoms with Crippen LogP contribution in [0, 0.1) is 0 Å². The zero-order chi connectivity index (χ0) is 19.0. The molecule has 0 unspecified atom stereocenters. The molecule has 0 aromatic heterocycles. The Bertz CT molecular complexity index is 934. The van der Waals surface area contributed by atoms with Gasteiger partial charge in [0.05, 0.1) is 11.3 Å². The lowest BCUT2D eigenvalue weighted by atomic mass is 9.91. The Labute approximate surface area is 157 Å². The number of anilines is 2. The predicted molar refractivity (Wildman–Crippen MR) is 101 cm³/mol. The molecule has 2 heterocycles. The van der Waals surface area contributed by atoms with Crippen molar-refractivity contribution in [1.82, 2.24) is 0 Å². The van der Waals surface area contributed by atoms with Gasteiger partial charge >= 0.3 is 5.97 Å². The van der Waals surface area contributed by atoms with Crippen molar-refractivity contribution in [3.63, 3.8) is 0 Å². The summed E-state index contributed by atoms with van der Waals surface area (Å²) in [6.45, 7) is 2.07. The zero-order valence-electron chi connectivity index (χ0n) is 15.1. The number of para-hydroxylation sites is 1. The minimum atomic E-state index is -0.474. The van der Waals surface area contributed by atoms with Gasteiger partial charge in [-0.15, -0.1) is 0 Å². The SMILES string of the molecule is CC(=O)Oc1ccccc1C(=O)Nc1cc2c3c(c1)CCC(=O)N3CCC2. The molecule has 0 bridgehead atoms. The molecule has 2 amide bonds. The minimum Gasteiger partial charge on any atom is -0.426 e. The van der Waals surface area contributed by atoms with Crippen LogP contribution < -0.4 is 15.0 Å². The van der Waals surface area contributed by atoms with E-state index in [1.54, 1.807) is 24.3 Å². The molecule has 2 aromatic rings. The van der Waals surface area contributed by atoms with E-state index in [1.807, 2.05) is 17.0 Å². The fraction of sp³-hybridized carbons (Fsp3) is 0.286. The lowest BCUT2D eigenvalue weighted by Crippen LogP contribution is -2.39. The van der Waals surface area contributed by atoms with Gasteiger partial charge in [0, 0.05) is 25.6 Å². The molecule has 0 aliphatic carbocycles. The maximum atomic E-state index is 12.7. The van der Waals surface area contributed by atoms with E-state index in [1.165, 1.54) is 6.92 Å². The Morgan fingerprint density at radius 1 is 1.07 bits per heavy atom. The number of hydrogen-bond acceptors (Lipinski definition) is 4. The number of esters is 1. The lowest BCUT2D eigenvalue weighted by Gasteiger charge is -2.35. The van der Waals surface area contributed by atoms with Gasteiger partial charge in [0.2, 0.25) is 5.91 Å². The van der Waals surface area contributed by atoms with Crippen LogP contribution in [0.15, 0.2) is 36.4 Å². The third-order valence-corrected chi connectivity index (χ3v) is 4.92. The van der Waals surface area contributed by atoms with Gasteiger partial charge in [-0.1, -0.05) is 12.1 Å². The molecule has 2 aromatic carbocycles. The topological polar surface area (TPSA) is 75.7 Å². The van der Waals surface area contributed by atoms with Gasteiger partial charge in [0.25, 0.3) is 5.91 Å². The molecule has 27 heavy (non-hydrogen) atoms. The highest BCUT2D eigenvalue weighted by molar-refractivity contribution is 6.07. The van der Waals surface area contributed by atoms with Gasteiger partial charge in [-0.05, 0) is 54.7 Å². The number of aryl methyl sites for hydroxylation is 2. The average molecular weight is 364 g/mol. The van der Waals surface area contributed by atoms with Crippen LogP contribution in [0.25, 0.3) is 0 Å². The molecule has 0 spiro atoms. The summed E-state index contributed by atoms with van der Waals surface area (Å²) in [5, 5.41) is 2.91. The summed E-state index contributed by atoms with van der Waals surface area (Å²) >= 11 is 0. The van der Waals surface area contributed by atoms with Gasteiger partial charge < -0.3 is 15.0 Å². The summed E-state index contributed by atoms with van der Waals surface area (Å²) in [6, 6.07) is 10.5. The fourth-order valence-electron chi connectivity index (χ4n) is 3.82. The number of carbonyl (C=O) groups excluding carboxylic acids is 3. The number of rotatable bonds is 3. The molecule has 1 N–H and O–H groups in total. The van der Waals surface area contributed by atoms with Crippen LogP contribution in [0.5, 0.6) is 5.75 Å². The second-order valence-electron chi connectivity index (χ2n) is 6.84. The first-order valence-electron chi connectivity index (χ1n) is 9.08. The summed E-state index contributed by atoms with van der Waals surface area (Å²) in [5.74, 6) is -0.397. The number of amides is 2. The highest BCUT2D eigenvalue weighted by Gasteiger charge is 2.29. The molecular weight excluding hydrogens is 344 g/mol. The van der Waals surface area contributed by atoms with E-state index in [2.05, 4.69) is 5.32 Å². The molecular formula is C21H20N2O4. The molecule has 6 heteroatoms. The summed E-state index contributed by atoms with van der Waals surface area (Å²) in [6.07, 6.45) is 3.00. The number of nitrogens with one attached hydrogen (secondary N) is 1. The van der Waals surface area contributed by atoms with Gasteiger partial charge in [-0.25, -0.2) is 0 Å². The van der Waals surface area contributed by atoms with Crippen molar-refractivity contribution >= 4 is 29.2 Å². The van der Waals surface area contributed by atoms with Crippen molar-refractivity contribution in [2.24, 2.45) is 0 Å². The van der Waals surface area contributed by atoms with E-state index >= 15 is 0 Å². The van der Waals surface area contributed by atoms with E-state index in [4.69, 9.17) is 4.74 Å². The van der Waals surface area contributed by atoms with Gasteiger partial charge in [0.15, 0.2) is 0 Å². The van der Waals surface area contributed by atoms with Crippen molar-refractivity contribution in [2.45, 2.75) is 32.6 Å². The largest absolute Gasteiger partial charge is 0.426 e. The molecule has 2 aliphatic rings. The van der Waals surface area contributed by atoms with Crippen LogP contribution in [-0.2, 0) is 22.4 Å². The number of carbonyl (C=O) groups is 3. The summed E-state index contributed by atoms with van der Waals surface area (Å²) in [7, 11) is 0. The van der Waals surface area contributed by atoms with E-state index in [-0.39, 0.29) is 17.6 Å². The third-order valence-electron chi connectivity index (χ3n) is 4.92. The predicted octanol–water partition coefficient (Wildman–Crippen LogP) is 3.09. The van der Waals surface area contributed by atoms with Gasteiger partial charge in [-0.3, -0.25) is 14.4 Å². The maximum absolute atomic E-state index is 12.7. The monoisotopic (exact) mass is 364 g/mol. The van der Waals surface area contributed by atoms with Crippen molar-refractivity contribution in [1.29, 1.82) is 0 Å². The minimum absolute atomic E-state index is 0.176. The number of hydrogen-bond donors (Lipinski definition) is 1. The van der Waals surface area contributed by atoms with Crippen LogP contribution >= 0.6 is 0 Å². The quantitative estimate of drug-likeness (QED) is 0.671. The summed E-state index contributed by atoms with van der Waals surface area (Å²) in [5.41, 5.74) is 4.21. The fourth-order valence-corrected chi connectivity index (χ4v) is 3.82. The third kappa shape index (κ3) is 3.30. The van der Waals surface area contributed by atoms with E-state index < -0.39 is 5.97 Å². The second-order valence-corrected chi connectivity index (χ2v) is 6.84. The van der Waals surface area contributed by atoms with Crippen molar-refractivity contribution in [3.8, 4) is 5.75 Å². The van der Waals surface area contributed by atoms with Crippen LogP contribution in [0.2, 0.25) is 0 Å². The number of nitrogens with zero attached hydrogens (tertiary/aromatic N) is 1. The van der Waals surface area contributed by atoms with Crippen LogP contribution in [0.4, 0.5) is 11.4 Å². The first-order valence-corrected chi connectivity index (χ1v) is 9.08. The Morgan fingerprint density at radius 3 is 2.59 bits per heavy atom. The van der Waals surface area contributed by atoms with Crippen LogP contribution in [0.1, 0.15) is 41.3 Å². The van der Waals surface area contributed by atoms with E-state index in [0.29, 0.717) is 24.1 Å². The lowest BCUT2D eigenvalue weighted by molar-refractivity contribution is -0.131. The molecule has 4 rings (SSSR count). The molecule has 2 aliphatic heterocycles. The van der Waals surface area contributed by atoms with Crippen LogP contribution in [0.3, 0.4) is 0 Å². The van der Waals surface area contributed by atoms with Gasteiger partial charge in [-0.2, -0.15) is 0 Å². The zero-order valence-corrected chi connectivity index (χ0v) is 15.1. The molecule has 0 fully saturated rings. The number of ether oxygens (including phenoxy) is 1. The molecule has 0 atom stereocenters. The smallest absolute Gasteiger partial charge is 0.308 e. The first kappa shape index (κ1) is 17.3. The Morgan fingerprint density at radius 2 is 1.81 bits per heavy atom. The van der Waals surface area contributed by atoms with E-state index in [9.17, 15) is 14.4 Å². The Hall–Kier alpha value is -3.15. The molecule has 0 saturated carbocycles. The Balaban J connectivity index is 1.64. The van der Waals surface area contributed by atoms with Crippen molar-refractivity contribution in [2.75, 3.05) is 16.8 Å². The van der Waals surface area contributed by atoms with Crippen LogP contribution in [-0.4, -0.2) is 24.3 Å². The summed E-state index contributed by atoms with van der Waals surface area (Å²) in [4.78, 5) is 38.1. The van der Waals surface area contributed by atoms with Crippen molar-refractivity contribution in [3.05, 3.63) is 53.1 Å². The average Bonchev–Trinajstić information content (AvgIpc) is 2.64. The molecule has 6 nitrogen and oxygen atoms in total.